The van der Waals surface area contributed by atoms with Gasteiger partial charge in [-0.05, 0) is 41.0 Å². The van der Waals surface area contributed by atoms with E-state index >= 15 is 0 Å². The van der Waals surface area contributed by atoms with E-state index in [0.717, 1.165) is 65.9 Å². The van der Waals surface area contributed by atoms with Crippen LogP contribution in [0.2, 0.25) is 0 Å². The summed E-state index contributed by atoms with van der Waals surface area (Å²) in [7, 11) is 0. The van der Waals surface area contributed by atoms with E-state index in [2.05, 4.69) is 134 Å². The average Bonchev–Trinajstić information content (AvgIpc) is 3.70. The predicted molar refractivity (Wildman–Crippen MR) is 184 cm³/mol. The van der Waals surface area contributed by atoms with Crippen molar-refractivity contribution in [2.45, 2.75) is 19.3 Å². The molecule has 4 heteroatoms. The van der Waals surface area contributed by atoms with E-state index in [1.807, 2.05) is 12.1 Å². The molecule has 1 aliphatic carbocycles. The van der Waals surface area contributed by atoms with Crippen molar-refractivity contribution in [3.8, 4) is 28.3 Å². The zero-order valence-corrected chi connectivity index (χ0v) is 24.9. The van der Waals surface area contributed by atoms with E-state index in [-0.39, 0.29) is 5.41 Å². The third-order valence-electron chi connectivity index (χ3n) is 9.83. The molecule has 3 aromatic heterocycles. The number of nitrogens with zero attached hydrogens (tertiary/aromatic N) is 3. The molecule has 0 atom stereocenters. The molecule has 0 radical (unpaired) electrons. The number of rotatable bonds is 2. The van der Waals surface area contributed by atoms with Gasteiger partial charge < -0.3 is 4.42 Å². The molecule has 0 saturated carbocycles. The molecule has 0 spiro atoms. The van der Waals surface area contributed by atoms with Crippen LogP contribution in [0.25, 0.3) is 83.0 Å². The lowest BCUT2D eigenvalue weighted by Crippen LogP contribution is -2.14. The van der Waals surface area contributed by atoms with Gasteiger partial charge in [-0.15, -0.1) is 0 Å². The fraction of sp³-hybridized carbons (Fsp3) is 0.0732. The maximum Gasteiger partial charge on any atom is 0.235 e. The molecule has 10 rings (SSSR count). The number of para-hydroxylation sites is 2. The first-order valence-electron chi connectivity index (χ1n) is 15.4. The first-order chi connectivity index (χ1) is 22.1. The van der Waals surface area contributed by atoms with Gasteiger partial charge >= 0.3 is 0 Å². The smallest absolute Gasteiger partial charge is 0.235 e. The van der Waals surface area contributed by atoms with Crippen molar-refractivity contribution in [2.24, 2.45) is 0 Å². The van der Waals surface area contributed by atoms with E-state index in [9.17, 15) is 0 Å². The lowest BCUT2D eigenvalue weighted by Gasteiger charge is -2.21. The summed E-state index contributed by atoms with van der Waals surface area (Å²) in [5.74, 6) is 0.651. The van der Waals surface area contributed by atoms with Crippen molar-refractivity contribution in [1.82, 2.24) is 14.5 Å². The minimum atomic E-state index is -0.127. The van der Waals surface area contributed by atoms with Crippen LogP contribution in [0.3, 0.4) is 0 Å². The van der Waals surface area contributed by atoms with Crippen molar-refractivity contribution >= 4 is 54.6 Å². The molecular formula is C41H27N3O. The SMILES string of the molecule is CC1(C)c2ccccc2-c2c1ccc1c(-c3ccccc3)nc(-n3c4ccccc4c4c5oc6ccccc6c5ccc43)nc21. The van der Waals surface area contributed by atoms with Crippen LogP contribution in [-0.4, -0.2) is 14.5 Å². The van der Waals surface area contributed by atoms with Crippen molar-refractivity contribution in [1.29, 1.82) is 0 Å². The first kappa shape index (κ1) is 24.7. The van der Waals surface area contributed by atoms with E-state index in [1.54, 1.807) is 0 Å². The Morgan fingerprint density at radius 1 is 0.578 bits per heavy atom. The van der Waals surface area contributed by atoms with E-state index < -0.39 is 0 Å². The first-order valence-corrected chi connectivity index (χ1v) is 15.4. The van der Waals surface area contributed by atoms with Crippen LogP contribution in [0.1, 0.15) is 25.0 Å². The summed E-state index contributed by atoms with van der Waals surface area (Å²) in [5, 5.41) is 5.48. The summed E-state index contributed by atoms with van der Waals surface area (Å²) in [6.45, 7) is 4.63. The van der Waals surface area contributed by atoms with Crippen molar-refractivity contribution in [3.05, 3.63) is 139 Å². The summed E-state index contributed by atoms with van der Waals surface area (Å²) in [5.41, 5.74) is 11.8. The highest BCUT2D eigenvalue weighted by atomic mass is 16.3. The Balaban J connectivity index is 1.37. The van der Waals surface area contributed by atoms with Gasteiger partial charge in [0.2, 0.25) is 5.95 Å². The topological polar surface area (TPSA) is 43.9 Å². The van der Waals surface area contributed by atoms with Crippen LogP contribution in [-0.2, 0) is 5.41 Å². The molecule has 0 amide bonds. The van der Waals surface area contributed by atoms with Gasteiger partial charge in [0, 0.05) is 38.1 Å². The standard InChI is InChI=1S/C41H27N3O/c1-41(2)30-17-9-6-15-27(30)35-31(41)22-20-29-37(24-12-4-3-5-13-24)42-40(43-38(29)35)44-32-18-10-7-16-28(32)36-33(44)23-21-26-25-14-8-11-19-34(25)45-39(26)36/h3-23H,1-2H3. The number of hydrogen-bond donors (Lipinski definition) is 0. The Morgan fingerprint density at radius 2 is 1.31 bits per heavy atom. The second-order valence-electron chi connectivity index (χ2n) is 12.6. The molecule has 0 bridgehead atoms. The van der Waals surface area contributed by atoms with Gasteiger partial charge in [-0.3, -0.25) is 4.57 Å². The predicted octanol–water partition coefficient (Wildman–Crippen LogP) is 10.6. The van der Waals surface area contributed by atoms with Gasteiger partial charge in [0.15, 0.2) is 0 Å². The minimum absolute atomic E-state index is 0.127. The molecule has 9 aromatic rings. The van der Waals surface area contributed by atoms with Crippen molar-refractivity contribution < 1.29 is 4.42 Å². The van der Waals surface area contributed by atoms with Gasteiger partial charge in [-0.1, -0.05) is 117 Å². The molecule has 212 valence electrons. The molecule has 1 aliphatic rings. The van der Waals surface area contributed by atoms with Gasteiger partial charge in [0.1, 0.15) is 11.2 Å². The summed E-state index contributed by atoms with van der Waals surface area (Å²) < 4.78 is 8.77. The van der Waals surface area contributed by atoms with Crippen LogP contribution < -0.4 is 0 Å². The fourth-order valence-corrected chi connectivity index (χ4v) is 7.73. The summed E-state index contributed by atoms with van der Waals surface area (Å²) >= 11 is 0. The summed E-state index contributed by atoms with van der Waals surface area (Å²) in [4.78, 5) is 10.9. The maximum atomic E-state index is 6.55. The molecular weight excluding hydrogens is 550 g/mol. The largest absolute Gasteiger partial charge is 0.455 e. The van der Waals surface area contributed by atoms with Gasteiger partial charge in [-0.2, -0.15) is 0 Å². The molecule has 0 unspecified atom stereocenters. The Morgan fingerprint density at radius 3 is 2.20 bits per heavy atom. The Bertz CT molecular complexity index is 2680. The third-order valence-corrected chi connectivity index (χ3v) is 9.83. The quantitative estimate of drug-likeness (QED) is 0.205. The van der Waals surface area contributed by atoms with E-state index in [0.29, 0.717) is 5.95 Å². The molecule has 0 fully saturated rings. The number of hydrogen-bond acceptors (Lipinski definition) is 3. The number of furan rings is 1. The Hall–Kier alpha value is -5.74. The van der Waals surface area contributed by atoms with Crippen LogP contribution in [0.5, 0.6) is 0 Å². The molecule has 45 heavy (non-hydrogen) atoms. The number of fused-ring (bicyclic) bond motifs is 12. The molecule has 3 heterocycles. The zero-order chi connectivity index (χ0) is 29.9. The highest BCUT2D eigenvalue weighted by molar-refractivity contribution is 6.23. The van der Waals surface area contributed by atoms with Crippen molar-refractivity contribution in [3.63, 3.8) is 0 Å². The second kappa shape index (κ2) is 8.67. The van der Waals surface area contributed by atoms with Crippen LogP contribution in [0.15, 0.2) is 132 Å². The number of aromatic nitrogens is 3. The average molecular weight is 578 g/mol. The Labute approximate surface area is 259 Å². The maximum absolute atomic E-state index is 6.55. The van der Waals surface area contributed by atoms with Crippen LogP contribution in [0, 0.1) is 0 Å². The Kier molecular flexibility index (Phi) is 4.76. The number of benzene rings is 6. The molecule has 0 aliphatic heterocycles. The zero-order valence-electron chi connectivity index (χ0n) is 24.9. The van der Waals surface area contributed by atoms with E-state index in [1.165, 1.54) is 22.3 Å². The normalized spacial score (nSPS) is 13.7. The monoisotopic (exact) mass is 577 g/mol. The summed E-state index contributed by atoms with van der Waals surface area (Å²) in [6, 6.07) is 44.9. The lowest BCUT2D eigenvalue weighted by atomic mass is 9.82. The fourth-order valence-electron chi connectivity index (χ4n) is 7.73. The van der Waals surface area contributed by atoms with Crippen LogP contribution in [0.4, 0.5) is 0 Å². The van der Waals surface area contributed by atoms with Crippen LogP contribution >= 0.6 is 0 Å². The second-order valence-corrected chi connectivity index (χ2v) is 12.6. The van der Waals surface area contributed by atoms with Crippen molar-refractivity contribution in [2.75, 3.05) is 0 Å². The highest BCUT2D eigenvalue weighted by Gasteiger charge is 2.37. The van der Waals surface area contributed by atoms with Gasteiger partial charge in [-0.25, -0.2) is 9.97 Å². The minimum Gasteiger partial charge on any atom is -0.455 e. The highest BCUT2D eigenvalue weighted by Crippen LogP contribution is 2.51. The summed E-state index contributed by atoms with van der Waals surface area (Å²) in [6.07, 6.45) is 0. The molecule has 0 N–H and O–H groups in total. The molecule has 0 saturated heterocycles. The molecule has 4 nitrogen and oxygen atoms in total. The van der Waals surface area contributed by atoms with Gasteiger partial charge in [0.05, 0.1) is 27.6 Å². The third kappa shape index (κ3) is 3.21. The lowest BCUT2D eigenvalue weighted by molar-refractivity contribution is 0.661. The van der Waals surface area contributed by atoms with E-state index in [4.69, 9.17) is 14.4 Å². The van der Waals surface area contributed by atoms with Gasteiger partial charge in [0.25, 0.3) is 0 Å². The molecule has 6 aromatic carbocycles.